The summed E-state index contributed by atoms with van der Waals surface area (Å²) in [7, 11) is -3.04. The summed E-state index contributed by atoms with van der Waals surface area (Å²) in [6, 6.07) is 0.0642. The maximum absolute atomic E-state index is 10.9. The van der Waals surface area contributed by atoms with Crippen LogP contribution in [0.15, 0.2) is 0 Å². The molecular weight excluding hydrogens is 210 g/mol. The number of sulfonamides is 1. The van der Waals surface area contributed by atoms with Gasteiger partial charge in [0.05, 0.1) is 6.26 Å². The van der Waals surface area contributed by atoms with E-state index < -0.39 is 10.0 Å². The fourth-order valence-electron chi connectivity index (χ4n) is 1.83. The predicted molar refractivity (Wildman–Crippen MR) is 65.4 cm³/mol. The highest BCUT2D eigenvalue weighted by atomic mass is 32.2. The second-order valence-electron chi connectivity index (χ2n) is 4.40. The molecule has 0 aliphatic rings. The van der Waals surface area contributed by atoms with Crippen LogP contribution in [-0.2, 0) is 10.0 Å². The minimum absolute atomic E-state index is 0.0642. The summed E-state index contributed by atoms with van der Waals surface area (Å²) in [5, 5.41) is 0. The van der Waals surface area contributed by atoms with Gasteiger partial charge in [0.25, 0.3) is 0 Å². The molecule has 0 aromatic carbocycles. The van der Waals surface area contributed by atoms with E-state index in [2.05, 4.69) is 18.6 Å². The molecule has 1 N–H and O–H groups in total. The van der Waals surface area contributed by atoms with Crippen molar-refractivity contribution >= 4 is 10.0 Å². The van der Waals surface area contributed by atoms with E-state index in [4.69, 9.17) is 0 Å². The third-order valence-corrected chi connectivity index (χ3v) is 3.65. The van der Waals surface area contributed by atoms with E-state index in [0.717, 1.165) is 18.8 Å². The summed E-state index contributed by atoms with van der Waals surface area (Å²) >= 11 is 0. The van der Waals surface area contributed by atoms with Gasteiger partial charge in [0.2, 0.25) is 10.0 Å². The molecule has 0 aromatic heterocycles. The van der Waals surface area contributed by atoms with Crippen LogP contribution in [0.25, 0.3) is 0 Å². The summed E-state index contributed by atoms with van der Waals surface area (Å²) < 4.78 is 24.5. The van der Waals surface area contributed by atoms with Crippen molar-refractivity contribution in [1.29, 1.82) is 0 Å². The molecule has 3 nitrogen and oxygen atoms in total. The standard InChI is InChI=1S/C11H25NO2S/c1-5-11(6-2)9-7-8-10(3)12-15(4,13)14/h10-12H,5-9H2,1-4H3. The quantitative estimate of drug-likeness (QED) is 0.702. The zero-order chi connectivity index (χ0) is 11.9. The normalized spacial score (nSPS) is 14.5. The van der Waals surface area contributed by atoms with Gasteiger partial charge in [-0.15, -0.1) is 0 Å². The minimum atomic E-state index is -3.04. The monoisotopic (exact) mass is 235 g/mol. The highest BCUT2D eigenvalue weighted by Gasteiger charge is 2.09. The van der Waals surface area contributed by atoms with Gasteiger partial charge in [-0.1, -0.05) is 39.5 Å². The maximum Gasteiger partial charge on any atom is 0.208 e. The molecular formula is C11H25NO2S. The molecule has 0 heterocycles. The minimum Gasteiger partial charge on any atom is -0.213 e. The van der Waals surface area contributed by atoms with Crippen LogP contribution in [0.4, 0.5) is 0 Å². The van der Waals surface area contributed by atoms with Gasteiger partial charge in [0.1, 0.15) is 0 Å². The first-order valence-electron chi connectivity index (χ1n) is 5.86. The zero-order valence-corrected chi connectivity index (χ0v) is 11.2. The van der Waals surface area contributed by atoms with Crippen molar-refractivity contribution in [2.45, 2.75) is 58.9 Å². The van der Waals surface area contributed by atoms with Crippen molar-refractivity contribution in [2.75, 3.05) is 6.26 Å². The molecule has 92 valence electrons. The third-order valence-electron chi connectivity index (χ3n) is 2.82. The number of hydrogen-bond donors (Lipinski definition) is 1. The van der Waals surface area contributed by atoms with Crippen LogP contribution in [-0.4, -0.2) is 20.7 Å². The summed E-state index contributed by atoms with van der Waals surface area (Å²) in [6.45, 7) is 6.35. The summed E-state index contributed by atoms with van der Waals surface area (Å²) in [5.74, 6) is 0.801. The Kier molecular flexibility index (Phi) is 7.18. The zero-order valence-electron chi connectivity index (χ0n) is 10.4. The Morgan fingerprint density at radius 1 is 1.13 bits per heavy atom. The molecule has 0 spiro atoms. The van der Waals surface area contributed by atoms with Gasteiger partial charge in [-0.3, -0.25) is 0 Å². The molecule has 0 saturated carbocycles. The van der Waals surface area contributed by atoms with Crippen LogP contribution in [0.2, 0.25) is 0 Å². The van der Waals surface area contributed by atoms with Crippen LogP contribution in [0, 0.1) is 5.92 Å². The molecule has 1 atom stereocenters. The molecule has 0 rings (SSSR count). The molecule has 4 heteroatoms. The van der Waals surface area contributed by atoms with E-state index in [9.17, 15) is 8.42 Å². The Hall–Kier alpha value is -0.0900. The van der Waals surface area contributed by atoms with E-state index in [0.29, 0.717) is 0 Å². The van der Waals surface area contributed by atoms with Gasteiger partial charge in [-0.25, -0.2) is 13.1 Å². The Bertz CT molecular complexity index is 245. The first-order chi connectivity index (χ1) is 6.89. The lowest BCUT2D eigenvalue weighted by molar-refractivity contribution is 0.419. The first-order valence-corrected chi connectivity index (χ1v) is 7.75. The molecule has 0 radical (unpaired) electrons. The second-order valence-corrected chi connectivity index (χ2v) is 6.18. The first kappa shape index (κ1) is 14.9. The fourth-order valence-corrected chi connectivity index (χ4v) is 2.68. The highest BCUT2D eigenvalue weighted by Crippen LogP contribution is 2.16. The Labute approximate surface area is 94.7 Å². The molecule has 0 aliphatic carbocycles. The van der Waals surface area contributed by atoms with Crippen LogP contribution in [0.1, 0.15) is 52.9 Å². The summed E-state index contributed by atoms with van der Waals surface area (Å²) in [6.07, 6.45) is 6.92. The number of nitrogens with one attached hydrogen (secondary N) is 1. The lowest BCUT2D eigenvalue weighted by Gasteiger charge is -2.15. The Morgan fingerprint density at radius 2 is 1.67 bits per heavy atom. The summed E-state index contributed by atoms with van der Waals surface area (Å²) in [4.78, 5) is 0. The van der Waals surface area contributed by atoms with Gasteiger partial charge in [-0.05, 0) is 19.3 Å². The molecule has 0 fully saturated rings. The van der Waals surface area contributed by atoms with Crippen molar-refractivity contribution in [3.05, 3.63) is 0 Å². The van der Waals surface area contributed by atoms with E-state index in [-0.39, 0.29) is 6.04 Å². The topological polar surface area (TPSA) is 46.2 Å². The SMILES string of the molecule is CCC(CC)CCCC(C)NS(C)(=O)=O. The van der Waals surface area contributed by atoms with E-state index in [1.807, 2.05) is 6.92 Å². The van der Waals surface area contributed by atoms with Gasteiger partial charge in [0.15, 0.2) is 0 Å². The molecule has 1 unspecified atom stereocenters. The molecule has 0 aromatic rings. The van der Waals surface area contributed by atoms with Crippen LogP contribution in [0.3, 0.4) is 0 Å². The van der Waals surface area contributed by atoms with Gasteiger partial charge in [0, 0.05) is 6.04 Å². The molecule has 0 amide bonds. The average molecular weight is 235 g/mol. The molecule has 15 heavy (non-hydrogen) atoms. The highest BCUT2D eigenvalue weighted by molar-refractivity contribution is 7.88. The average Bonchev–Trinajstić information content (AvgIpc) is 2.09. The molecule has 0 aliphatic heterocycles. The second kappa shape index (κ2) is 7.23. The van der Waals surface area contributed by atoms with Crippen molar-refractivity contribution in [3.8, 4) is 0 Å². The van der Waals surface area contributed by atoms with Crippen LogP contribution in [0.5, 0.6) is 0 Å². The third kappa shape index (κ3) is 8.88. The van der Waals surface area contributed by atoms with E-state index in [1.54, 1.807) is 0 Å². The van der Waals surface area contributed by atoms with Gasteiger partial charge < -0.3 is 0 Å². The Morgan fingerprint density at radius 3 is 2.07 bits per heavy atom. The fraction of sp³-hybridized carbons (Fsp3) is 1.00. The number of hydrogen-bond acceptors (Lipinski definition) is 2. The Balaban J connectivity index is 3.68. The lowest BCUT2D eigenvalue weighted by atomic mass is 9.96. The van der Waals surface area contributed by atoms with Gasteiger partial charge in [-0.2, -0.15) is 0 Å². The van der Waals surface area contributed by atoms with Gasteiger partial charge >= 0.3 is 0 Å². The van der Waals surface area contributed by atoms with E-state index >= 15 is 0 Å². The summed E-state index contributed by atoms with van der Waals surface area (Å²) in [5.41, 5.74) is 0. The predicted octanol–water partition coefficient (Wildman–Crippen LogP) is 2.53. The molecule has 0 saturated heterocycles. The van der Waals surface area contributed by atoms with Crippen LogP contribution >= 0.6 is 0 Å². The number of rotatable bonds is 8. The largest absolute Gasteiger partial charge is 0.213 e. The maximum atomic E-state index is 10.9. The van der Waals surface area contributed by atoms with Crippen molar-refractivity contribution in [2.24, 2.45) is 5.92 Å². The smallest absolute Gasteiger partial charge is 0.208 e. The van der Waals surface area contributed by atoms with E-state index in [1.165, 1.54) is 25.5 Å². The van der Waals surface area contributed by atoms with Crippen molar-refractivity contribution < 1.29 is 8.42 Å². The van der Waals surface area contributed by atoms with Crippen molar-refractivity contribution in [3.63, 3.8) is 0 Å². The lowest BCUT2D eigenvalue weighted by Crippen LogP contribution is -2.31. The molecule has 0 bridgehead atoms. The van der Waals surface area contributed by atoms with Crippen molar-refractivity contribution in [1.82, 2.24) is 4.72 Å². The van der Waals surface area contributed by atoms with Crippen LogP contribution < -0.4 is 4.72 Å².